The molecule has 0 aliphatic rings. The highest BCUT2D eigenvalue weighted by Gasteiger charge is 2.23. The maximum Gasteiger partial charge on any atom is 0.0908 e. The Balaban J connectivity index is 2.24. The molecule has 0 saturated carbocycles. The molecule has 1 heteroatoms. The summed E-state index contributed by atoms with van der Waals surface area (Å²) >= 11 is 0. The van der Waals surface area contributed by atoms with Crippen molar-refractivity contribution in [1.82, 2.24) is 0 Å². The van der Waals surface area contributed by atoms with Crippen molar-refractivity contribution in [1.29, 1.82) is 0 Å². The fraction of sp³-hybridized carbons (Fsp3) is 0.368. The van der Waals surface area contributed by atoms with E-state index in [0.717, 1.165) is 12.0 Å². The molecule has 0 bridgehead atoms. The van der Waals surface area contributed by atoms with E-state index in [0.29, 0.717) is 6.42 Å². The number of hydrogen-bond donors (Lipinski definition) is 1. The maximum absolute atomic E-state index is 10.8. The fourth-order valence-electron chi connectivity index (χ4n) is 2.77. The summed E-state index contributed by atoms with van der Waals surface area (Å²) in [6.07, 6.45) is 1.67. The van der Waals surface area contributed by atoms with Gasteiger partial charge in [0.25, 0.3) is 0 Å². The van der Waals surface area contributed by atoms with Gasteiger partial charge in [-0.3, -0.25) is 0 Å². The number of benzene rings is 2. The topological polar surface area (TPSA) is 20.2 Å². The number of hydrogen-bond acceptors (Lipinski definition) is 1. The minimum atomic E-state index is -0.827. The van der Waals surface area contributed by atoms with Gasteiger partial charge < -0.3 is 5.11 Å². The van der Waals surface area contributed by atoms with Crippen molar-refractivity contribution >= 4 is 0 Å². The Labute approximate surface area is 122 Å². The fourth-order valence-corrected chi connectivity index (χ4v) is 2.77. The third-order valence-electron chi connectivity index (χ3n) is 3.81. The highest BCUT2D eigenvalue weighted by molar-refractivity contribution is 5.33. The van der Waals surface area contributed by atoms with Gasteiger partial charge in [0, 0.05) is 6.42 Å². The lowest BCUT2D eigenvalue weighted by Gasteiger charge is -2.24. The smallest absolute Gasteiger partial charge is 0.0908 e. The highest BCUT2D eigenvalue weighted by atomic mass is 16.3. The molecule has 20 heavy (non-hydrogen) atoms. The predicted octanol–water partition coefficient (Wildman–Crippen LogP) is 4.32. The Morgan fingerprint density at radius 2 is 1.45 bits per heavy atom. The number of aliphatic hydroxyl groups is 1. The van der Waals surface area contributed by atoms with E-state index in [1.165, 1.54) is 22.3 Å². The molecule has 0 spiro atoms. The van der Waals surface area contributed by atoms with Gasteiger partial charge in [0.05, 0.1) is 5.60 Å². The molecule has 0 heterocycles. The van der Waals surface area contributed by atoms with Crippen LogP contribution in [-0.4, -0.2) is 5.11 Å². The summed E-state index contributed by atoms with van der Waals surface area (Å²) in [7, 11) is 0. The molecular formula is C19H24O. The molecule has 0 aromatic heterocycles. The number of aryl methyl sites for hydroxylation is 3. The van der Waals surface area contributed by atoms with Gasteiger partial charge in [-0.25, -0.2) is 0 Å². The van der Waals surface area contributed by atoms with Crippen molar-refractivity contribution in [2.24, 2.45) is 0 Å². The van der Waals surface area contributed by atoms with Crippen LogP contribution >= 0.6 is 0 Å². The first-order valence-corrected chi connectivity index (χ1v) is 7.29. The minimum Gasteiger partial charge on any atom is -0.385 e. The average Bonchev–Trinajstić information content (AvgIpc) is 2.37. The summed E-state index contributed by atoms with van der Waals surface area (Å²) in [6.45, 7) is 8.23. The normalized spacial score (nSPS) is 14.1. The Morgan fingerprint density at radius 3 is 1.95 bits per heavy atom. The predicted molar refractivity (Wildman–Crippen MR) is 85.0 cm³/mol. The largest absolute Gasteiger partial charge is 0.385 e. The van der Waals surface area contributed by atoms with Crippen molar-refractivity contribution in [2.45, 2.75) is 46.1 Å². The van der Waals surface area contributed by atoms with E-state index >= 15 is 0 Å². The average molecular weight is 268 g/mol. The first-order chi connectivity index (χ1) is 9.40. The molecule has 0 saturated heterocycles. The number of rotatable bonds is 4. The lowest BCUT2D eigenvalue weighted by Crippen LogP contribution is -2.24. The summed E-state index contributed by atoms with van der Waals surface area (Å²) in [5, 5.41) is 10.8. The molecule has 106 valence electrons. The van der Waals surface area contributed by atoms with E-state index in [1.54, 1.807) is 0 Å². The van der Waals surface area contributed by atoms with Crippen LogP contribution in [0.3, 0.4) is 0 Å². The van der Waals surface area contributed by atoms with E-state index in [9.17, 15) is 5.11 Å². The molecule has 0 aliphatic heterocycles. The molecular weight excluding hydrogens is 244 g/mol. The Morgan fingerprint density at radius 1 is 0.900 bits per heavy atom. The second kappa shape index (κ2) is 5.80. The van der Waals surface area contributed by atoms with Gasteiger partial charge in [-0.15, -0.1) is 0 Å². The Hall–Kier alpha value is -1.60. The van der Waals surface area contributed by atoms with E-state index in [1.807, 2.05) is 19.1 Å². The second-order valence-electron chi connectivity index (χ2n) is 6.00. The molecule has 1 atom stereocenters. The van der Waals surface area contributed by atoms with Crippen molar-refractivity contribution in [3.8, 4) is 0 Å². The molecule has 2 aromatic rings. The molecule has 1 nitrogen and oxygen atoms in total. The minimum absolute atomic E-state index is 0.640. The van der Waals surface area contributed by atoms with Gasteiger partial charge in [-0.05, 0) is 43.9 Å². The van der Waals surface area contributed by atoms with Gasteiger partial charge in [0.15, 0.2) is 0 Å². The SMILES string of the molecule is CCc1ccc(C(C)(O)Cc2cc(C)cc(C)c2)cc1. The van der Waals surface area contributed by atoms with Crippen LogP contribution in [0.25, 0.3) is 0 Å². The van der Waals surface area contributed by atoms with Crippen LogP contribution < -0.4 is 0 Å². The molecule has 1 N–H and O–H groups in total. The van der Waals surface area contributed by atoms with Crippen molar-refractivity contribution in [3.05, 3.63) is 70.3 Å². The molecule has 1 unspecified atom stereocenters. The standard InChI is InChI=1S/C19H24O/c1-5-16-6-8-18(9-7-16)19(4,20)13-17-11-14(2)10-15(3)12-17/h6-12,20H,5,13H2,1-4H3. The van der Waals surface area contributed by atoms with E-state index in [2.05, 4.69) is 51.1 Å². The van der Waals surface area contributed by atoms with Crippen LogP contribution in [0.1, 0.15) is 41.7 Å². The summed E-state index contributed by atoms with van der Waals surface area (Å²) in [5.41, 5.74) is 5.14. The summed E-state index contributed by atoms with van der Waals surface area (Å²) in [5.74, 6) is 0. The molecule has 0 amide bonds. The molecule has 0 fully saturated rings. The van der Waals surface area contributed by atoms with Gasteiger partial charge >= 0.3 is 0 Å². The second-order valence-corrected chi connectivity index (χ2v) is 6.00. The maximum atomic E-state index is 10.8. The first-order valence-electron chi connectivity index (χ1n) is 7.29. The van der Waals surface area contributed by atoms with Crippen LogP contribution in [0.15, 0.2) is 42.5 Å². The molecule has 0 radical (unpaired) electrons. The lowest BCUT2D eigenvalue weighted by atomic mass is 9.87. The molecule has 0 aliphatic carbocycles. The zero-order valence-corrected chi connectivity index (χ0v) is 12.9. The summed E-state index contributed by atoms with van der Waals surface area (Å²) in [6, 6.07) is 14.8. The monoisotopic (exact) mass is 268 g/mol. The van der Waals surface area contributed by atoms with E-state index in [-0.39, 0.29) is 0 Å². The quantitative estimate of drug-likeness (QED) is 0.875. The summed E-state index contributed by atoms with van der Waals surface area (Å²) < 4.78 is 0. The van der Waals surface area contributed by atoms with Crippen LogP contribution in [0.5, 0.6) is 0 Å². The Kier molecular flexibility index (Phi) is 4.29. The van der Waals surface area contributed by atoms with Crippen molar-refractivity contribution in [3.63, 3.8) is 0 Å². The van der Waals surface area contributed by atoms with Crippen LogP contribution in [0.4, 0.5) is 0 Å². The molecule has 2 rings (SSSR count). The highest BCUT2D eigenvalue weighted by Crippen LogP contribution is 2.26. The van der Waals surface area contributed by atoms with Crippen LogP contribution in [-0.2, 0) is 18.4 Å². The Bertz CT molecular complexity index is 559. The van der Waals surface area contributed by atoms with Crippen molar-refractivity contribution < 1.29 is 5.11 Å². The van der Waals surface area contributed by atoms with Gasteiger partial charge in [0.1, 0.15) is 0 Å². The van der Waals surface area contributed by atoms with Gasteiger partial charge in [0.2, 0.25) is 0 Å². The zero-order valence-electron chi connectivity index (χ0n) is 12.9. The third-order valence-corrected chi connectivity index (χ3v) is 3.81. The van der Waals surface area contributed by atoms with E-state index in [4.69, 9.17) is 0 Å². The first kappa shape index (κ1) is 14.8. The van der Waals surface area contributed by atoms with E-state index < -0.39 is 5.60 Å². The third kappa shape index (κ3) is 3.49. The lowest BCUT2D eigenvalue weighted by molar-refractivity contribution is 0.0576. The van der Waals surface area contributed by atoms with Crippen LogP contribution in [0, 0.1) is 13.8 Å². The van der Waals surface area contributed by atoms with Crippen LogP contribution in [0.2, 0.25) is 0 Å². The summed E-state index contributed by atoms with van der Waals surface area (Å²) in [4.78, 5) is 0. The van der Waals surface area contributed by atoms with Gasteiger partial charge in [-0.2, -0.15) is 0 Å². The molecule has 2 aromatic carbocycles. The van der Waals surface area contributed by atoms with Crippen molar-refractivity contribution in [2.75, 3.05) is 0 Å². The zero-order chi connectivity index (χ0) is 14.8. The van der Waals surface area contributed by atoms with Gasteiger partial charge in [-0.1, -0.05) is 60.5 Å².